The van der Waals surface area contributed by atoms with Gasteiger partial charge in [0, 0.05) is 22.1 Å². The highest BCUT2D eigenvalue weighted by Crippen LogP contribution is 2.39. The molecule has 3 aromatic rings. The maximum atomic E-state index is 13.3. The van der Waals surface area contributed by atoms with Gasteiger partial charge in [0.2, 0.25) is 5.78 Å². The van der Waals surface area contributed by atoms with Crippen LogP contribution in [0.15, 0.2) is 54.6 Å². The number of benzene rings is 2. The average Bonchev–Trinajstić information content (AvgIpc) is 3.26. The SMILES string of the molecule is CCOC(=O)C(COCC(C)C)c1cc(C(=O)c2ccc(OC)cc2)sc1-c1ccc(Cl)cc1. The van der Waals surface area contributed by atoms with Crippen LogP contribution in [0.4, 0.5) is 0 Å². The molecule has 2 aromatic carbocycles. The lowest BCUT2D eigenvalue weighted by Gasteiger charge is -2.18. The minimum atomic E-state index is -0.655. The monoisotopic (exact) mass is 500 g/mol. The number of carbonyl (C=O) groups is 2. The molecule has 3 rings (SSSR count). The molecule has 34 heavy (non-hydrogen) atoms. The van der Waals surface area contributed by atoms with E-state index in [1.165, 1.54) is 11.3 Å². The van der Waals surface area contributed by atoms with E-state index in [0.29, 0.717) is 39.3 Å². The van der Waals surface area contributed by atoms with Crippen molar-refractivity contribution in [3.63, 3.8) is 0 Å². The van der Waals surface area contributed by atoms with E-state index in [9.17, 15) is 9.59 Å². The number of ketones is 1. The molecule has 0 saturated carbocycles. The van der Waals surface area contributed by atoms with Crippen molar-refractivity contribution in [2.45, 2.75) is 26.7 Å². The average molecular weight is 501 g/mol. The van der Waals surface area contributed by atoms with E-state index in [1.807, 2.05) is 12.1 Å². The third-order valence-electron chi connectivity index (χ3n) is 5.13. The number of thiophene rings is 1. The van der Waals surface area contributed by atoms with Gasteiger partial charge in [-0.2, -0.15) is 0 Å². The summed E-state index contributed by atoms with van der Waals surface area (Å²) in [4.78, 5) is 27.6. The van der Waals surface area contributed by atoms with Crippen molar-refractivity contribution in [1.82, 2.24) is 0 Å². The Kier molecular flexibility index (Phi) is 9.28. The van der Waals surface area contributed by atoms with Crippen molar-refractivity contribution in [2.24, 2.45) is 5.92 Å². The molecule has 0 N–H and O–H groups in total. The second-order valence-electron chi connectivity index (χ2n) is 8.20. The maximum absolute atomic E-state index is 13.3. The Morgan fingerprint density at radius 2 is 1.68 bits per heavy atom. The smallest absolute Gasteiger partial charge is 0.315 e. The lowest BCUT2D eigenvalue weighted by Crippen LogP contribution is -2.22. The molecule has 0 radical (unpaired) electrons. The second-order valence-corrected chi connectivity index (χ2v) is 9.68. The zero-order valence-corrected chi connectivity index (χ0v) is 21.4. The first-order valence-corrected chi connectivity index (χ1v) is 12.4. The van der Waals surface area contributed by atoms with Crippen LogP contribution in [-0.4, -0.2) is 38.7 Å². The highest BCUT2D eigenvalue weighted by molar-refractivity contribution is 7.17. The maximum Gasteiger partial charge on any atom is 0.315 e. The minimum absolute atomic E-state index is 0.125. The summed E-state index contributed by atoms with van der Waals surface area (Å²) in [6.45, 7) is 6.83. The Balaban J connectivity index is 2.06. The van der Waals surface area contributed by atoms with E-state index in [4.69, 9.17) is 25.8 Å². The molecule has 1 unspecified atom stereocenters. The second kappa shape index (κ2) is 12.2. The van der Waals surface area contributed by atoms with Crippen molar-refractivity contribution in [1.29, 1.82) is 0 Å². The summed E-state index contributed by atoms with van der Waals surface area (Å²) < 4.78 is 16.4. The summed E-state index contributed by atoms with van der Waals surface area (Å²) in [5, 5.41) is 0.610. The Labute approximate surface area is 209 Å². The summed E-state index contributed by atoms with van der Waals surface area (Å²) in [6, 6.07) is 16.1. The van der Waals surface area contributed by atoms with E-state index < -0.39 is 5.92 Å². The first-order chi connectivity index (χ1) is 16.3. The van der Waals surface area contributed by atoms with Gasteiger partial charge in [0.15, 0.2) is 0 Å². The minimum Gasteiger partial charge on any atom is -0.497 e. The summed E-state index contributed by atoms with van der Waals surface area (Å²) >= 11 is 7.44. The van der Waals surface area contributed by atoms with Gasteiger partial charge in [0.05, 0.1) is 25.2 Å². The first kappa shape index (κ1) is 25.9. The molecule has 0 spiro atoms. The fourth-order valence-electron chi connectivity index (χ4n) is 3.44. The van der Waals surface area contributed by atoms with Crippen molar-refractivity contribution in [3.05, 3.63) is 75.6 Å². The molecule has 0 aliphatic heterocycles. The van der Waals surface area contributed by atoms with Crippen molar-refractivity contribution in [2.75, 3.05) is 26.9 Å². The third kappa shape index (κ3) is 6.47. The molecule has 0 fully saturated rings. The normalized spacial score (nSPS) is 11.9. The van der Waals surface area contributed by atoms with Crippen LogP contribution in [-0.2, 0) is 14.3 Å². The number of ether oxygens (including phenoxy) is 3. The Morgan fingerprint density at radius 3 is 2.26 bits per heavy atom. The number of hydrogen-bond acceptors (Lipinski definition) is 6. The van der Waals surface area contributed by atoms with Crippen LogP contribution in [0.1, 0.15) is 47.5 Å². The predicted molar refractivity (Wildman–Crippen MR) is 136 cm³/mol. The highest BCUT2D eigenvalue weighted by atomic mass is 35.5. The molecule has 5 nitrogen and oxygen atoms in total. The molecule has 0 aliphatic rings. The van der Waals surface area contributed by atoms with Crippen LogP contribution in [0, 0.1) is 5.92 Å². The van der Waals surface area contributed by atoms with Gasteiger partial charge < -0.3 is 14.2 Å². The van der Waals surface area contributed by atoms with E-state index in [2.05, 4.69) is 13.8 Å². The lowest BCUT2D eigenvalue weighted by molar-refractivity contribution is -0.146. The Morgan fingerprint density at radius 1 is 1.00 bits per heavy atom. The number of esters is 1. The van der Waals surface area contributed by atoms with Crippen LogP contribution in [0.2, 0.25) is 5.02 Å². The van der Waals surface area contributed by atoms with Crippen LogP contribution in [0.5, 0.6) is 5.75 Å². The van der Waals surface area contributed by atoms with Gasteiger partial charge in [-0.25, -0.2) is 0 Å². The van der Waals surface area contributed by atoms with Crippen LogP contribution in [0.3, 0.4) is 0 Å². The van der Waals surface area contributed by atoms with Gasteiger partial charge in [-0.3, -0.25) is 9.59 Å². The zero-order valence-electron chi connectivity index (χ0n) is 19.8. The fraction of sp³-hybridized carbons (Fsp3) is 0.333. The quantitative estimate of drug-likeness (QED) is 0.218. The summed E-state index contributed by atoms with van der Waals surface area (Å²) in [5.74, 6) is -0.149. The number of rotatable bonds is 11. The lowest BCUT2D eigenvalue weighted by atomic mass is 9.96. The molecule has 0 amide bonds. The van der Waals surface area contributed by atoms with Gasteiger partial charge in [0.1, 0.15) is 11.7 Å². The third-order valence-corrected chi connectivity index (χ3v) is 6.58. The van der Waals surface area contributed by atoms with E-state index in [0.717, 1.165) is 10.4 Å². The van der Waals surface area contributed by atoms with Crippen molar-refractivity contribution < 1.29 is 23.8 Å². The standard InChI is InChI=1S/C27H29ClO5S/c1-5-33-27(30)23(16-32-15-17(2)3)22-14-24(25(29)18-8-12-21(31-4)13-9-18)34-26(22)19-6-10-20(28)11-7-19/h6-14,17,23H,5,15-16H2,1-4H3. The van der Waals surface area contributed by atoms with Crippen molar-refractivity contribution in [3.8, 4) is 16.2 Å². The van der Waals surface area contributed by atoms with E-state index in [1.54, 1.807) is 56.5 Å². The molecule has 180 valence electrons. The molecule has 1 heterocycles. The predicted octanol–water partition coefficient (Wildman–Crippen LogP) is 6.63. The zero-order chi connectivity index (χ0) is 24.7. The van der Waals surface area contributed by atoms with Crippen molar-refractivity contribution >= 4 is 34.7 Å². The molecule has 0 saturated heterocycles. The topological polar surface area (TPSA) is 61.8 Å². The molecule has 7 heteroatoms. The number of methoxy groups -OCH3 is 1. The summed E-state index contributed by atoms with van der Waals surface area (Å²) in [7, 11) is 1.58. The van der Waals surface area contributed by atoms with Crippen LogP contribution < -0.4 is 4.74 Å². The Hall–Kier alpha value is -2.67. The van der Waals surface area contributed by atoms with Gasteiger partial charge in [-0.15, -0.1) is 11.3 Å². The molecule has 0 bridgehead atoms. The molecule has 0 aliphatic carbocycles. The first-order valence-electron chi connectivity index (χ1n) is 11.2. The molecule has 1 atom stereocenters. The van der Waals surface area contributed by atoms with Crippen LogP contribution >= 0.6 is 22.9 Å². The van der Waals surface area contributed by atoms with E-state index >= 15 is 0 Å². The highest BCUT2D eigenvalue weighted by Gasteiger charge is 2.29. The van der Waals surface area contributed by atoms with Gasteiger partial charge in [-0.05, 0) is 66.4 Å². The largest absolute Gasteiger partial charge is 0.497 e. The molecular weight excluding hydrogens is 472 g/mol. The van der Waals surface area contributed by atoms with E-state index in [-0.39, 0.29) is 25.0 Å². The molecular formula is C27H29ClO5S. The Bertz CT molecular complexity index is 1100. The van der Waals surface area contributed by atoms with Gasteiger partial charge >= 0.3 is 5.97 Å². The summed E-state index contributed by atoms with van der Waals surface area (Å²) in [5.41, 5.74) is 2.13. The number of carbonyl (C=O) groups excluding carboxylic acids is 2. The summed E-state index contributed by atoms with van der Waals surface area (Å²) in [6.07, 6.45) is 0. The van der Waals surface area contributed by atoms with Crippen LogP contribution in [0.25, 0.3) is 10.4 Å². The molecule has 1 aromatic heterocycles. The fourth-order valence-corrected chi connectivity index (χ4v) is 4.75. The van der Waals surface area contributed by atoms with Gasteiger partial charge in [-0.1, -0.05) is 37.6 Å². The number of hydrogen-bond donors (Lipinski definition) is 0. The number of halogens is 1. The van der Waals surface area contributed by atoms with Gasteiger partial charge in [0.25, 0.3) is 0 Å².